The number of nitrogens with one attached hydrogen (secondary N) is 3. The van der Waals surface area contributed by atoms with Crippen LogP contribution in [-0.4, -0.2) is 28.8 Å². The molecule has 0 aliphatic heterocycles. The van der Waals surface area contributed by atoms with Crippen molar-refractivity contribution in [3.63, 3.8) is 0 Å². The highest BCUT2D eigenvalue weighted by Crippen LogP contribution is 2.28. The maximum Gasteiger partial charge on any atom is 0.272 e. The summed E-state index contributed by atoms with van der Waals surface area (Å²) in [4.78, 5) is 15.7. The molecule has 0 saturated carbocycles. The van der Waals surface area contributed by atoms with E-state index in [1.54, 1.807) is 37.4 Å². The maximum absolute atomic E-state index is 12.6. The van der Waals surface area contributed by atoms with E-state index in [0.717, 1.165) is 22.2 Å². The molecule has 150 valence electrons. The largest absolute Gasteiger partial charge is 0.496 e. The minimum absolute atomic E-state index is 0.114. The normalized spacial score (nSPS) is 11.3. The Morgan fingerprint density at radius 2 is 2.00 bits per heavy atom. The molecule has 2 aromatic carbocycles. The van der Waals surface area contributed by atoms with Crippen LogP contribution in [0.4, 0.5) is 5.69 Å². The number of nitrogens with two attached hydrogens (primary N) is 1. The molecule has 0 aliphatic rings. The molecule has 0 atom stereocenters. The van der Waals surface area contributed by atoms with Crippen LogP contribution in [0.25, 0.3) is 10.9 Å². The second-order valence-electron chi connectivity index (χ2n) is 6.47. The second kappa shape index (κ2) is 8.49. The molecule has 1 heterocycles. The maximum atomic E-state index is 12.6. The van der Waals surface area contributed by atoms with Crippen LogP contribution in [0.5, 0.6) is 5.75 Å². The number of H-pyrrole nitrogens is 1. The molecule has 29 heavy (non-hydrogen) atoms. The number of aromatic amines is 1. The lowest BCUT2D eigenvalue weighted by Crippen LogP contribution is -2.15. The van der Waals surface area contributed by atoms with Crippen LogP contribution in [0.3, 0.4) is 0 Å². The third-order valence-corrected chi connectivity index (χ3v) is 4.33. The lowest BCUT2D eigenvalue weighted by molar-refractivity contribution is 0.102. The molecule has 1 aromatic heterocycles. The van der Waals surface area contributed by atoms with Gasteiger partial charge in [-0.25, -0.2) is 0 Å². The number of carbonyl (C=O) groups excluding carboxylic acids is 1. The van der Waals surface area contributed by atoms with Gasteiger partial charge in [0.1, 0.15) is 17.3 Å². The number of methoxy groups -OCH3 is 1. The van der Waals surface area contributed by atoms with Crippen molar-refractivity contribution >= 4 is 28.2 Å². The molecule has 0 aliphatic carbocycles. The van der Waals surface area contributed by atoms with Gasteiger partial charge in [-0.05, 0) is 48.4 Å². The quantitative estimate of drug-likeness (QED) is 0.312. The number of aromatic nitrogens is 1. The van der Waals surface area contributed by atoms with E-state index < -0.39 is 0 Å². The fourth-order valence-corrected chi connectivity index (χ4v) is 2.86. The molecule has 3 aromatic rings. The Balaban J connectivity index is 1.78. The molecular formula is C21H23N5O3. The van der Waals surface area contributed by atoms with E-state index >= 15 is 0 Å². The first-order valence-electron chi connectivity index (χ1n) is 8.88. The summed E-state index contributed by atoms with van der Waals surface area (Å²) >= 11 is 0. The smallest absolute Gasteiger partial charge is 0.272 e. The Bertz CT molecular complexity index is 1080. The van der Waals surface area contributed by atoms with Crippen molar-refractivity contribution in [2.24, 2.45) is 10.8 Å². The van der Waals surface area contributed by atoms with Crippen molar-refractivity contribution in [1.29, 1.82) is 0 Å². The van der Waals surface area contributed by atoms with Gasteiger partial charge >= 0.3 is 0 Å². The zero-order valence-electron chi connectivity index (χ0n) is 16.2. The third-order valence-electron chi connectivity index (χ3n) is 4.33. The van der Waals surface area contributed by atoms with Crippen molar-refractivity contribution in [1.82, 2.24) is 10.4 Å². The van der Waals surface area contributed by atoms with Crippen LogP contribution in [0.2, 0.25) is 0 Å². The Kier molecular flexibility index (Phi) is 5.85. The Morgan fingerprint density at radius 1 is 1.28 bits per heavy atom. The van der Waals surface area contributed by atoms with Gasteiger partial charge < -0.3 is 25.9 Å². The standard InChI is InChI=1S/C21H23N5O3/c1-12(25-26-13(2)22)15-4-6-16(7-5-15)23-21(28)19-10-17-18(24-19)8-14(11-27)9-20(17)29-3/h4-10,24,26-27H,2,11,22H2,1,3H3,(H,23,28)/b25-12-. The number of nitrogens with zero attached hydrogens (tertiary/aromatic N) is 1. The van der Waals surface area contributed by atoms with Crippen molar-refractivity contribution in [2.75, 3.05) is 12.4 Å². The zero-order chi connectivity index (χ0) is 21.0. The predicted molar refractivity (Wildman–Crippen MR) is 114 cm³/mol. The van der Waals surface area contributed by atoms with Crippen molar-refractivity contribution in [3.8, 4) is 5.75 Å². The topological polar surface area (TPSA) is 125 Å². The van der Waals surface area contributed by atoms with Gasteiger partial charge in [0.2, 0.25) is 0 Å². The molecule has 0 spiro atoms. The van der Waals surface area contributed by atoms with Crippen LogP contribution in [0, 0.1) is 0 Å². The summed E-state index contributed by atoms with van der Waals surface area (Å²) in [5.41, 5.74) is 12.1. The van der Waals surface area contributed by atoms with Gasteiger partial charge in [0.05, 0.1) is 24.9 Å². The summed E-state index contributed by atoms with van der Waals surface area (Å²) in [5, 5.41) is 17.1. The highest BCUT2D eigenvalue weighted by molar-refractivity contribution is 6.07. The number of aliphatic hydroxyl groups is 1. The number of hydrazone groups is 1. The number of amides is 1. The summed E-state index contributed by atoms with van der Waals surface area (Å²) in [6.07, 6.45) is 0. The van der Waals surface area contributed by atoms with Gasteiger partial charge in [-0.2, -0.15) is 5.10 Å². The lowest BCUT2D eigenvalue weighted by Gasteiger charge is -2.06. The SMILES string of the molecule is C=C(N)N/N=C(/C)c1ccc(NC(=O)c2cc3c(OC)cc(CO)cc3[nH]2)cc1. The minimum Gasteiger partial charge on any atom is -0.496 e. The van der Waals surface area contributed by atoms with Crippen LogP contribution in [0.15, 0.2) is 60.0 Å². The summed E-state index contributed by atoms with van der Waals surface area (Å²) in [6.45, 7) is 5.24. The first-order chi connectivity index (χ1) is 13.9. The molecule has 0 saturated heterocycles. The first kappa shape index (κ1) is 20.0. The molecule has 6 N–H and O–H groups in total. The summed E-state index contributed by atoms with van der Waals surface area (Å²) < 4.78 is 5.36. The summed E-state index contributed by atoms with van der Waals surface area (Å²) in [7, 11) is 1.55. The molecule has 0 bridgehead atoms. The van der Waals surface area contributed by atoms with Crippen molar-refractivity contribution in [3.05, 3.63) is 71.7 Å². The van der Waals surface area contributed by atoms with Gasteiger partial charge in [0, 0.05) is 11.1 Å². The molecular weight excluding hydrogens is 370 g/mol. The van der Waals surface area contributed by atoms with E-state index in [9.17, 15) is 9.90 Å². The van der Waals surface area contributed by atoms with E-state index in [0.29, 0.717) is 22.7 Å². The molecule has 0 radical (unpaired) electrons. The van der Waals surface area contributed by atoms with Gasteiger partial charge in [-0.1, -0.05) is 18.7 Å². The summed E-state index contributed by atoms with van der Waals surface area (Å²) in [5.74, 6) is 0.567. The number of aliphatic hydroxyl groups excluding tert-OH is 1. The highest BCUT2D eigenvalue weighted by atomic mass is 16.5. The number of carbonyl (C=O) groups is 1. The molecule has 1 amide bonds. The van der Waals surface area contributed by atoms with Gasteiger partial charge in [0.25, 0.3) is 5.91 Å². The van der Waals surface area contributed by atoms with Crippen molar-refractivity contribution < 1.29 is 14.6 Å². The van der Waals surface area contributed by atoms with E-state index in [1.807, 2.05) is 19.1 Å². The molecule has 8 heteroatoms. The summed E-state index contributed by atoms with van der Waals surface area (Å²) in [6, 6.07) is 12.5. The fraction of sp³-hybridized carbons (Fsp3) is 0.143. The van der Waals surface area contributed by atoms with Gasteiger partial charge in [-0.15, -0.1) is 0 Å². The third kappa shape index (κ3) is 4.56. The van der Waals surface area contributed by atoms with Crippen LogP contribution < -0.4 is 21.2 Å². The van der Waals surface area contributed by atoms with E-state index in [1.165, 1.54) is 0 Å². The van der Waals surface area contributed by atoms with Crippen LogP contribution in [-0.2, 0) is 6.61 Å². The lowest BCUT2D eigenvalue weighted by atomic mass is 10.1. The fourth-order valence-electron chi connectivity index (χ4n) is 2.86. The van der Waals surface area contributed by atoms with E-state index in [2.05, 4.69) is 27.4 Å². The predicted octanol–water partition coefficient (Wildman–Crippen LogP) is 2.66. The number of ether oxygens (including phenoxy) is 1. The average molecular weight is 393 g/mol. The number of rotatable bonds is 7. The van der Waals surface area contributed by atoms with E-state index in [-0.39, 0.29) is 18.3 Å². The number of fused-ring (bicyclic) bond motifs is 1. The Morgan fingerprint density at radius 3 is 2.62 bits per heavy atom. The number of hydrogen-bond acceptors (Lipinski definition) is 6. The Labute approximate surface area is 168 Å². The van der Waals surface area contributed by atoms with Crippen LogP contribution in [0.1, 0.15) is 28.5 Å². The second-order valence-corrected chi connectivity index (χ2v) is 6.47. The zero-order valence-corrected chi connectivity index (χ0v) is 16.2. The number of benzene rings is 2. The van der Waals surface area contributed by atoms with Crippen LogP contribution >= 0.6 is 0 Å². The van der Waals surface area contributed by atoms with Gasteiger partial charge in [-0.3, -0.25) is 10.2 Å². The number of anilines is 1. The number of hydrogen-bond donors (Lipinski definition) is 5. The minimum atomic E-state index is -0.284. The molecule has 0 unspecified atom stereocenters. The first-order valence-corrected chi connectivity index (χ1v) is 8.88. The monoisotopic (exact) mass is 393 g/mol. The Hall–Kier alpha value is -3.78. The average Bonchev–Trinajstić information content (AvgIpc) is 3.16. The molecule has 8 nitrogen and oxygen atoms in total. The van der Waals surface area contributed by atoms with Gasteiger partial charge in [0.15, 0.2) is 0 Å². The molecule has 3 rings (SSSR count). The highest BCUT2D eigenvalue weighted by Gasteiger charge is 2.14. The molecule has 0 fully saturated rings. The van der Waals surface area contributed by atoms with E-state index in [4.69, 9.17) is 10.5 Å². The van der Waals surface area contributed by atoms with Crippen molar-refractivity contribution in [2.45, 2.75) is 13.5 Å².